The molecule has 1 aliphatic heterocycles. The van der Waals surface area contributed by atoms with E-state index in [4.69, 9.17) is 9.47 Å². The van der Waals surface area contributed by atoms with Gasteiger partial charge in [-0.15, -0.1) is 0 Å². The smallest absolute Gasteiger partial charge is 0.280 e. The highest BCUT2D eigenvalue weighted by Crippen LogP contribution is 2.31. The van der Waals surface area contributed by atoms with Crippen molar-refractivity contribution < 1.29 is 14.3 Å². The Balaban J connectivity index is 1.89. The Morgan fingerprint density at radius 3 is 2.57 bits per heavy atom. The number of benzene rings is 2. The predicted molar refractivity (Wildman–Crippen MR) is 113 cm³/mol. The standard InChI is InChI=1S/C23H26N2O3/c1-5-12-28-21-11-10-18(15-22(21)27-6-2)14-20-17(4)24-25(23(20)26)19-9-7-8-16(3)13-19/h7-11,13-15H,5-6,12H2,1-4H3/b20-14+. The first-order valence-electron chi connectivity index (χ1n) is 9.61. The molecule has 0 saturated carbocycles. The quantitative estimate of drug-likeness (QED) is 0.638. The molecule has 0 aliphatic carbocycles. The third-order valence-electron chi connectivity index (χ3n) is 4.35. The van der Waals surface area contributed by atoms with Crippen LogP contribution in [0.3, 0.4) is 0 Å². The molecule has 0 fully saturated rings. The highest BCUT2D eigenvalue weighted by atomic mass is 16.5. The minimum atomic E-state index is -0.132. The third-order valence-corrected chi connectivity index (χ3v) is 4.35. The van der Waals surface area contributed by atoms with Gasteiger partial charge in [-0.05, 0) is 68.7 Å². The normalized spacial score (nSPS) is 15.1. The summed E-state index contributed by atoms with van der Waals surface area (Å²) in [6.07, 6.45) is 2.78. The van der Waals surface area contributed by atoms with E-state index in [9.17, 15) is 4.79 Å². The second-order valence-corrected chi connectivity index (χ2v) is 6.69. The molecule has 1 heterocycles. The zero-order valence-electron chi connectivity index (χ0n) is 16.9. The van der Waals surface area contributed by atoms with Gasteiger partial charge in [0.1, 0.15) is 0 Å². The molecule has 0 radical (unpaired) electrons. The second kappa shape index (κ2) is 8.74. The van der Waals surface area contributed by atoms with E-state index in [2.05, 4.69) is 12.0 Å². The molecule has 0 unspecified atom stereocenters. The fourth-order valence-corrected chi connectivity index (χ4v) is 3.00. The molecule has 146 valence electrons. The minimum Gasteiger partial charge on any atom is -0.490 e. The van der Waals surface area contributed by atoms with Crippen LogP contribution in [0.5, 0.6) is 11.5 Å². The summed E-state index contributed by atoms with van der Waals surface area (Å²) >= 11 is 0. The molecular formula is C23H26N2O3. The average Bonchev–Trinajstić information content (AvgIpc) is 2.96. The van der Waals surface area contributed by atoms with Crippen molar-refractivity contribution in [2.75, 3.05) is 18.2 Å². The van der Waals surface area contributed by atoms with E-state index in [0.717, 1.165) is 29.0 Å². The SMILES string of the molecule is CCCOc1ccc(/C=C2/C(=O)N(c3cccc(C)c3)N=C2C)cc1OCC. The van der Waals surface area contributed by atoms with Crippen molar-refractivity contribution in [3.05, 3.63) is 59.2 Å². The molecule has 0 atom stereocenters. The maximum Gasteiger partial charge on any atom is 0.280 e. The molecule has 0 aromatic heterocycles. The van der Waals surface area contributed by atoms with Crippen LogP contribution in [0.2, 0.25) is 0 Å². The number of aryl methyl sites for hydroxylation is 1. The van der Waals surface area contributed by atoms with Crippen LogP contribution in [0.25, 0.3) is 6.08 Å². The fraction of sp³-hybridized carbons (Fsp3) is 0.304. The summed E-state index contributed by atoms with van der Waals surface area (Å²) < 4.78 is 11.5. The van der Waals surface area contributed by atoms with Crippen molar-refractivity contribution in [1.82, 2.24) is 0 Å². The van der Waals surface area contributed by atoms with E-state index in [1.165, 1.54) is 5.01 Å². The van der Waals surface area contributed by atoms with E-state index < -0.39 is 0 Å². The minimum absolute atomic E-state index is 0.132. The first-order valence-corrected chi connectivity index (χ1v) is 9.61. The average molecular weight is 378 g/mol. The molecule has 0 bridgehead atoms. The molecule has 2 aromatic rings. The summed E-state index contributed by atoms with van der Waals surface area (Å²) in [5, 5.41) is 5.91. The molecule has 0 spiro atoms. The number of nitrogens with zero attached hydrogens (tertiary/aromatic N) is 2. The fourth-order valence-electron chi connectivity index (χ4n) is 3.00. The second-order valence-electron chi connectivity index (χ2n) is 6.69. The van der Waals surface area contributed by atoms with E-state index in [1.54, 1.807) is 0 Å². The van der Waals surface area contributed by atoms with Crippen molar-refractivity contribution in [2.45, 2.75) is 34.1 Å². The van der Waals surface area contributed by atoms with Gasteiger partial charge in [-0.1, -0.05) is 25.1 Å². The lowest BCUT2D eigenvalue weighted by Gasteiger charge is -2.13. The van der Waals surface area contributed by atoms with E-state index >= 15 is 0 Å². The Morgan fingerprint density at radius 2 is 1.86 bits per heavy atom. The van der Waals surface area contributed by atoms with Gasteiger partial charge in [-0.3, -0.25) is 4.79 Å². The van der Waals surface area contributed by atoms with Crippen LogP contribution in [0.4, 0.5) is 5.69 Å². The predicted octanol–water partition coefficient (Wildman–Crippen LogP) is 4.99. The third kappa shape index (κ3) is 4.25. The number of hydrogen-bond donors (Lipinski definition) is 0. The molecule has 5 nitrogen and oxygen atoms in total. The van der Waals surface area contributed by atoms with Crippen LogP contribution in [-0.2, 0) is 4.79 Å². The van der Waals surface area contributed by atoms with Gasteiger partial charge in [-0.25, -0.2) is 0 Å². The van der Waals surface area contributed by atoms with Crippen LogP contribution in [0.1, 0.15) is 38.3 Å². The number of carbonyl (C=O) groups is 1. The zero-order chi connectivity index (χ0) is 20.1. The number of hydrazone groups is 1. The van der Waals surface area contributed by atoms with Crippen molar-refractivity contribution in [3.8, 4) is 11.5 Å². The van der Waals surface area contributed by atoms with E-state index in [0.29, 0.717) is 30.2 Å². The van der Waals surface area contributed by atoms with Crippen molar-refractivity contribution >= 4 is 23.4 Å². The maximum atomic E-state index is 12.9. The summed E-state index contributed by atoms with van der Waals surface area (Å²) in [5.41, 5.74) is 3.99. The number of hydrogen-bond acceptors (Lipinski definition) is 4. The molecule has 1 amide bonds. The Kier molecular flexibility index (Phi) is 6.14. The molecule has 5 heteroatoms. The Hall–Kier alpha value is -3.08. The molecule has 0 N–H and O–H groups in total. The first kappa shape index (κ1) is 19.7. The Morgan fingerprint density at radius 1 is 1.04 bits per heavy atom. The van der Waals surface area contributed by atoms with Crippen molar-refractivity contribution in [3.63, 3.8) is 0 Å². The lowest BCUT2D eigenvalue weighted by molar-refractivity contribution is -0.114. The number of ether oxygens (including phenoxy) is 2. The highest BCUT2D eigenvalue weighted by molar-refractivity contribution is 6.32. The van der Waals surface area contributed by atoms with Gasteiger partial charge in [0.2, 0.25) is 0 Å². The largest absolute Gasteiger partial charge is 0.490 e. The highest BCUT2D eigenvalue weighted by Gasteiger charge is 2.28. The monoisotopic (exact) mass is 378 g/mol. The van der Waals surface area contributed by atoms with Crippen LogP contribution >= 0.6 is 0 Å². The molecule has 28 heavy (non-hydrogen) atoms. The lowest BCUT2D eigenvalue weighted by atomic mass is 10.1. The molecule has 3 rings (SSSR count). The van der Waals surface area contributed by atoms with Gasteiger partial charge >= 0.3 is 0 Å². The van der Waals surface area contributed by atoms with Gasteiger partial charge in [-0.2, -0.15) is 10.1 Å². The molecule has 2 aromatic carbocycles. The Labute approximate surface area is 166 Å². The summed E-state index contributed by atoms with van der Waals surface area (Å²) in [4.78, 5) is 12.9. The topological polar surface area (TPSA) is 51.1 Å². The van der Waals surface area contributed by atoms with Gasteiger partial charge in [0, 0.05) is 0 Å². The zero-order valence-corrected chi connectivity index (χ0v) is 16.9. The van der Waals surface area contributed by atoms with E-state index in [1.807, 2.05) is 69.3 Å². The van der Waals surface area contributed by atoms with Gasteiger partial charge < -0.3 is 9.47 Å². The van der Waals surface area contributed by atoms with Crippen LogP contribution in [0.15, 0.2) is 53.1 Å². The van der Waals surface area contributed by atoms with Gasteiger partial charge in [0.15, 0.2) is 11.5 Å². The van der Waals surface area contributed by atoms with Crippen molar-refractivity contribution in [2.24, 2.45) is 5.10 Å². The van der Waals surface area contributed by atoms with Crippen molar-refractivity contribution in [1.29, 1.82) is 0 Å². The van der Waals surface area contributed by atoms with Gasteiger partial charge in [0.25, 0.3) is 5.91 Å². The van der Waals surface area contributed by atoms with Gasteiger partial charge in [0.05, 0.1) is 30.2 Å². The lowest BCUT2D eigenvalue weighted by Crippen LogP contribution is -2.21. The van der Waals surface area contributed by atoms with E-state index in [-0.39, 0.29) is 5.91 Å². The van der Waals surface area contributed by atoms with Crippen LogP contribution in [0, 0.1) is 6.92 Å². The molecule has 0 saturated heterocycles. The summed E-state index contributed by atoms with van der Waals surface area (Å²) in [5.74, 6) is 1.27. The Bertz CT molecular complexity index is 931. The van der Waals surface area contributed by atoms with Crippen LogP contribution in [-0.4, -0.2) is 24.8 Å². The summed E-state index contributed by atoms with van der Waals surface area (Å²) in [6, 6.07) is 13.5. The summed E-state index contributed by atoms with van der Waals surface area (Å²) in [7, 11) is 0. The number of anilines is 1. The number of carbonyl (C=O) groups excluding carboxylic acids is 1. The number of rotatable bonds is 7. The molecule has 1 aliphatic rings. The molecular weight excluding hydrogens is 352 g/mol. The van der Waals surface area contributed by atoms with Crippen LogP contribution < -0.4 is 14.5 Å². The summed E-state index contributed by atoms with van der Waals surface area (Å²) in [6.45, 7) is 9.02. The first-order chi connectivity index (χ1) is 13.5. The number of amides is 1. The maximum absolute atomic E-state index is 12.9.